The van der Waals surface area contributed by atoms with Crippen molar-refractivity contribution in [2.45, 2.75) is 44.9 Å². The molecule has 31 heavy (non-hydrogen) atoms. The van der Waals surface area contributed by atoms with E-state index in [0.717, 1.165) is 24.4 Å². The molecule has 1 aliphatic rings. The number of fused-ring (bicyclic) bond motifs is 1. The Balaban J connectivity index is 0.000000785. The van der Waals surface area contributed by atoms with Crippen molar-refractivity contribution in [3.8, 4) is 5.75 Å². The summed E-state index contributed by atoms with van der Waals surface area (Å²) >= 11 is 0. The monoisotopic (exact) mass is 447 g/mol. The van der Waals surface area contributed by atoms with E-state index in [1.165, 1.54) is 25.0 Å². The number of carboxylic acid groups (broad SMARTS) is 1. The number of carboxylic acids is 1. The predicted octanol–water partition coefficient (Wildman–Crippen LogP) is 5.89. The minimum absolute atomic E-state index is 0.150. The van der Waals surface area contributed by atoms with Crippen LogP contribution in [0.15, 0.2) is 59.7 Å². The van der Waals surface area contributed by atoms with Crippen molar-refractivity contribution < 1.29 is 23.2 Å². The van der Waals surface area contributed by atoms with Crippen LogP contribution in [-0.2, 0) is 15.6 Å². The third-order valence-corrected chi connectivity index (χ3v) is 6.52. The van der Waals surface area contributed by atoms with Crippen LogP contribution in [0.25, 0.3) is 0 Å². The Hall–Kier alpha value is -2.67. The minimum atomic E-state index is -1.32. The average molecular weight is 448 g/mol. The molecule has 2 atom stereocenters. The number of anilines is 2. The first-order chi connectivity index (χ1) is 14.9. The summed E-state index contributed by atoms with van der Waals surface area (Å²) in [7, 11) is -1.32. The van der Waals surface area contributed by atoms with Gasteiger partial charge in [0, 0.05) is 30.1 Å². The van der Waals surface area contributed by atoms with E-state index >= 15 is 0 Å². The van der Waals surface area contributed by atoms with Crippen molar-refractivity contribution in [3.63, 3.8) is 0 Å². The molecule has 2 aromatic carbocycles. The molecule has 5 nitrogen and oxygen atoms in total. The van der Waals surface area contributed by atoms with Gasteiger partial charge in [0.25, 0.3) is 0 Å². The van der Waals surface area contributed by atoms with Crippen molar-refractivity contribution >= 4 is 28.1 Å². The molecule has 0 fully saturated rings. The molecule has 0 spiro atoms. The molecular formula is C24H30FNO4S. The van der Waals surface area contributed by atoms with E-state index in [4.69, 9.17) is 9.84 Å². The molecule has 1 aliphatic heterocycles. The lowest BCUT2D eigenvalue weighted by atomic mass is 10.1. The van der Waals surface area contributed by atoms with Gasteiger partial charge in [0.05, 0.1) is 33.7 Å². The number of hydrogen-bond acceptors (Lipinski definition) is 4. The van der Waals surface area contributed by atoms with Crippen LogP contribution in [-0.4, -0.2) is 27.6 Å². The highest BCUT2D eigenvalue weighted by Crippen LogP contribution is 2.38. The van der Waals surface area contributed by atoms with Crippen molar-refractivity contribution in [2.75, 3.05) is 17.2 Å². The van der Waals surface area contributed by atoms with E-state index in [-0.39, 0.29) is 11.7 Å². The number of halogens is 1. The first-order valence-electron chi connectivity index (χ1n) is 10.5. The Kier molecular flexibility index (Phi) is 9.72. The van der Waals surface area contributed by atoms with Crippen LogP contribution in [0.3, 0.4) is 0 Å². The highest BCUT2D eigenvalue weighted by molar-refractivity contribution is 7.85. The van der Waals surface area contributed by atoms with Gasteiger partial charge in [-0.1, -0.05) is 58.2 Å². The van der Waals surface area contributed by atoms with Crippen molar-refractivity contribution in [1.82, 2.24) is 0 Å². The van der Waals surface area contributed by atoms with Crippen LogP contribution in [0.1, 0.15) is 40.0 Å². The first kappa shape index (κ1) is 24.6. The number of benzene rings is 2. The van der Waals surface area contributed by atoms with Gasteiger partial charge in [-0.05, 0) is 18.1 Å². The summed E-state index contributed by atoms with van der Waals surface area (Å²) in [5, 5.41) is 8.63. The number of aliphatic carboxylic acids is 1. The van der Waals surface area contributed by atoms with E-state index in [0.29, 0.717) is 22.9 Å². The Morgan fingerprint density at radius 2 is 1.90 bits per heavy atom. The maximum Gasteiger partial charge on any atom is 0.331 e. The standard InChI is InChI=1S/C20H20FNO4S.C4H10/c1-2-14-12-22(15-6-4-3-5-7-15)17-10-16(21)18(26-9-8-20(23)24)11-19(17)27(25)13-14;1-3-4-2/h3-11,14H,2,12-13H2,1H3,(H,23,24);3-4H2,1-2H3/b9-8+;. The molecule has 0 aromatic heterocycles. The van der Waals surface area contributed by atoms with Crippen LogP contribution < -0.4 is 9.64 Å². The van der Waals surface area contributed by atoms with Crippen LogP contribution >= 0.6 is 0 Å². The lowest BCUT2D eigenvalue weighted by Crippen LogP contribution is -2.25. The number of rotatable bonds is 6. The Morgan fingerprint density at radius 3 is 2.48 bits per heavy atom. The second kappa shape index (κ2) is 12.2. The lowest BCUT2D eigenvalue weighted by Gasteiger charge is -2.27. The fourth-order valence-electron chi connectivity index (χ4n) is 2.99. The Bertz CT molecular complexity index is 915. The smallest absolute Gasteiger partial charge is 0.331 e. The molecule has 0 aliphatic carbocycles. The fourth-order valence-corrected chi connectivity index (χ4v) is 4.58. The van der Waals surface area contributed by atoms with Crippen molar-refractivity contribution in [2.24, 2.45) is 5.92 Å². The van der Waals surface area contributed by atoms with E-state index in [2.05, 4.69) is 13.8 Å². The zero-order chi connectivity index (χ0) is 22.8. The highest BCUT2D eigenvalue weighted by atomic mass is 32.2. The molecule has 0 saturated heterocycles. The first-order valence-corrected chi connectivity index (χ1v) is 11.8. The summed E-state index contributed by atoms with van der Waals surface area (Å²) in [6, 6.07) is 12.3. The van der Waals surface area contributed by atoms with Gasteiger partial charge in [0.15, 0.2) is 11.6 Å². The topological polar surface area (TPSA) is 66.8 Å². The summed E-state index contributed by atoms with van der Waals surface area (Å²) in [5.41, 5.74) is 1.44. The molecule has 7 heteroatoms. The predicted molar refractivity (Wildman–Crippen MR) is 123 cm³/mol. The second-order valence-electron chi connectivity index (χ2n) is 7.24. The van der Waals surface area contributed by atoms with E-state index < -0.39 is 22.6 Å². The van der Waals surface area contributed by atoms with E-state index in [1.807, 2.05) is 42.2 Å². The summed E-state index contributed by atoms with van der Waals surface area (Å²) in [6.45, 7) is 7.05. The molecule has 3 rings (SSSR count). The number of ether oxygens (including phenoxy) is 1. The minimum Gasteiger partial charge on any atom is -0.478 e. The SMILES string of the molecule is CCC1CN(c2ccccc2)c2cc(F)c(O/C=C/C(=O)O)cc2S(=O)C1.CCCC. The second-order valence-corrected chi connectivity index (χ2v) is 8.71. The van der Waals surface area contributed by atoms with Crippen LogP contribution in [0.5, 0.6) is 5.75 Å². The summed E-state index contributed by atoms with van der Waals surface area (Å²) in [5.74, 6) is -1.32. The van der Waals surface area contributed by atoms with Gasteiger partial charge in [-0.25, -0.2) is 9.18 Å². The van der Waals surface area contributed by atoms with Gasteiger partial charge < -0.3 is 14.7 Å². The quantitative estimate of drug-likeness (QED) is 0.441. The average Bonchev–Trinajstić information content (AvgIpc) is 2.90. The van der Waals surface area contributed by atoms with Gasteiger partial charge in [-0.3, -0.25) is 4.21 Å². The summed E-state index contributed by atoms with van der Waals surface area (Å²) < 4.78 is 32.6. The number of unbranched alkanes of at least 4 members (excludes halogenated alkanes) is 1. The number of para-hydroxylation sites is 1. The van der Waals surface area contributed by atoms with Crippen LogP contribution in [0.2, 0.25) is 0 Å². The largest absolute Gasteiger partial charge is 0.478 e. The zero-order valence-corrected chi connectivity index (χ0v) is 19.0. The van der Waals surface area contributed by atoms with Gasteiger partial charge in [-0.2, -0.15) is 0 Å². The van der Waals surface area contributed by atoms with Crippen molar-refractivity contribution in [1.29, 1.82) is 0 Å². The molecule has 0 saturated carbocycles. The number of carbonyl (C=O) groups is 1. The summed E-state index contributed by atoms with van der Waals surface area (Å²) in [6.07, 6.45) is 5.16. The molecule has 2 aromatic rings. The lowest BCUT2D eigenvalue weighted by molar-refractivity contribution is -0.131. The molecular weight excluding hydrogens is 417 g/mol. The van der Waals surface area contributed by atoms with Gasteiger partial charge in [0.2, 0.25) is 0 Å². The molecule has 2 unspecified atom stereocenters. The van der Waals surface area contributed by atoms with E-state index in [9.17, 15) is 13.4 Å². The van der Waals surface area contributed by atoms with E-state index in [1.54, 1.807) is 0 Å². The summed E-state index contributed by atoms with van der Waals surface area (Å²) in [4.78, 5) is 13.0. The van der Waals surface area contributed by atoms with Gasteiger partial charge >= 0.3 is 5.97 Å². The Labute approximate surface area is 186 Å². The third-order valence-electron chi connectivity index (χ3n) is 4.93. The van der Waals surface area contributed by atoms with Crippen LogP contribution in [0.4, 0.5) is 15.8 Å². The van der Waals surface area contributed by atoms with Crippen molar-refractivity contribution in [3.05, 3.63) is 60.6 Å². The normalized spacial score (nSPS) is 18.0. The molecule has 168 valence electrons. The van der Waals surface area contributed by atoms with Crippen LogP contribution in [0, 0.1) is 11.7 Å². The Morgan fingerprint density at radius 1 is 1.23 bits per heavy atom. The van der Waals surface area contributed by atoms with Gasteiger partial charge in [0.1, 0.15) is 0 Å². The number of hydrogen-bond donors (Lipinski definition) is 1. The molecule has 1 N–H and O–H groups in total. The molecule has 1 heterocycles. The molecule has 0 amide bonds. The molecule has 0 bridgehead atoms. The number of nitrogens with zero attached hydrogens (tertiary/aromatic N) is 1. The maximum atomic E-state index is 14.6. The fraction of sp³-hybridized carbons (Fsp3) is 0.375. The molecule has 0 radical (unpaired) electrons. The zero-order valence-electron chi connectivity index (χ0n) is 18.2. The van der Waals surface area contributed by atoms with Gasteiger partial charge in [-0.15, -0.1) is 0 Å². The highest BCUT2D eigenvalue weighted by Gasteiger charge is 2.28. The third kappa shape index (κ3) is 6.92. The maximum absolute atomic E-state index is 14.6.